The zero-order chi connectivity index (χ0) is 13.0. The standard InChI is InChI=1S/C13H21IN4/c1-10(2)8-18(9-12-4-3-5-15-12)13-16-6-11(14)7-17-13/h6-7,10,12,15H,3-5,8-9H2,1-2H3. The minimum absolute atomic E-state index is 0.589. The maximum Gasteiger partial charge on any atom is 0.225 e. The first-order valence-electron chi connectivity index (χ1n) is 6.61. The smallest absolute Gasteiger partial charge is 0.225 e. The molecule has 1 aromatic rings. The summed E-state index contributed by atoms with van der Waals surface area (Å²) in [6.45, 7) is 7.65. The van der Waals surface area contributed by atoms with Crippen LogP contribution in [0.3, 0.4) is 0 Å². The van der Waals surface area contributed by atoms with Crippen LogP contribution >= 0.6 is 22.6 Å². The van der Waals surface area contributed by atoms with E-state index in [0.29, 0.717) is 12.0 Å². The lowest BCUT2D eigenvalue weighted by atomic mass is 10.1. The van der Waals surface area contributed by atoms with E-state index in [-0.39, 0.29) is 0 Å². The predicted molar refractivity (Wildman–Crippen MR) is 82.8 cm³/mol. The maximum atomic E-state index is 4.45. The number of nitrogens with zero attached hydrogens (tertiary/aromatic N) is 3. The van der Waals surface area contributed by atoms with Gasteiger partial charge in [0.25, 0.3) is 0 Å². The van der Waals surface area contributed by atoms with Gasteiger partial charge in [0.2, 0.25) is 5.95 Å². The van der Waals surface area contributed by atoms with E-state index >= 15 is 0 Å². The Morgan fingerprint density at radius 3 is 2.72 bits per heavy atom. The first kappa shape index (κ1) is 14.0. The quantitative estimate of drug-likeness (QED) is 0.819. The summed E-state index contributed by atoms with van der Waals surface area (Å²) in [6.07, 6.45) is 6.32. The van der Waals surface area contributed by atoms with Crippen LogP contribution in [0.4, 0.5) is 5.95 Å². The highest BCUT2D eigenvalue weighted by Crippen LogP contribution is 2.14. The Morgan fingerprint density at radius 1 is 1.44 bits per heavy atom. The zero-order valence-electron chi connectivity index (χ0n) is 11.1. The molecule has 1 unspecified atom stereocenters. The monoisotopic (exact) mass is 360 g/mol. The minimum atomic E-state index is 0.589. The average molecular weight is 360 g/mol. The number of halogens is 1. The number of nitrogens with one attached hydrogen (secondary N) is 1. The molecule has 0 spiro atoms. The van der Waals surface area contributed by atoms with Gasteiger partial charge in [-0.3, -0.25) is 0 Å². The number of hydrogen-bond acceptors (Lipinski definition) is 4. The molecule has 0 aromatic carbocycles. The van der Waals surface area contributed by atoms with Crippen molar-refractivity contribution >= 4 is 28.5 Å². The van der Waals surface area contributed by atoms with Crippen molar-refractivity contribution in [2.75, 3.05) is 24.5 Å². The molecule has 1 saturated heterocycles. The van der Waals surface area contributed by atoms with Gasteiger partial charge in [-0.25, -0.2) is 9.97 Å². The Balaban J connectivity index is 2.05. The van der Waals surface area contributed by atoms with Gasteiger partial charge >= 0.3 is 0 Å². The lowest BCUT2D eigenvalue weighted by molar-refractivity contribution is 0.533. The van der Waals surface area contributed by atoms with Gasteiger partial charge in [0.15, 0.2) is 0 Å². The van der Waals surface area contributed by atoms with E-state index in [1.807, 2.05) is 12.4 Å². The Kier molecular flexibility index (Phi) is 5.17. The summed E-state index contributed by atoms with van der Waals surface area (Å²) < 4.78 is 1.08. The average Bonchev–Trinajstić information content (AvgIpc) is 2.81. The van der Waals surface area contributed by atoms with Crippen LogP contribution in [0, 0.1) is 9.49 Å². The Morgan fingerprint density at radius 2 is 2.17 bits per heavy atom. The van der Waals surface area contributed by atoms with Crippen LogP contribution in [0.5, 0.6) is 0 Å². The molecular formula is C13H21IN4. The van der Waals surface area contributed by atoms with E-state index < -0.39 is 0 Å². The fraction of sp³-hybridized carbons (Fsp3) is 0.692. The highest BCUT2D eigenvalue weighted by Gasteiger charge is 2.20. The third-order valence-corrected chi connectivity index (χ3v) is 3.64. The van der Waals surface area contributed by atoms with Gasteiger partial charge in [-0.15, -0.1) is 0 Å². The molecule has 1 aliphatic rings. The van der Waals surface area contributed by atoms with Crippen LogP contribution in [0.15, 0.2) is 12.4 Å². The van der Waals surface area contributed by atoms with Crippen LogP contribution in [0.1, 0.15) is 26.7 Å². The van der Waals surface area contributed by atoms with Crippen molar-refractivity contribution in [1.82, 2.24) is 15.3 Å². The molecule has 0 radical (unpaired) electrons. The molecule has 1 atom stereocenters. The zero-order valence-corrected chi connectivity index (χ0v) is 13.2. The van der Waals surface area contributed by atoms with Crippen LogP contribution in [0.25, 0.3) is 0 Å². The molecule has 4 nitrogen and oxygen atoms in total. The van der Waals surface area contributed by atoms with E-state index in [1.165, 1.54) is 12.8 Å². The van der Waals surface area contributed by atoms with Crippen LogP contribution < -0.4 is 10.2 Å². The molecule has 100 valence electrons. The third kappa shape index (κ3) is 4.05. The topological polar surface area (TPSA) is 41.0 Å². The van der Waals surface area contributed by atoms with Gasteiger partial charge in [0.05, 0.1) is 0 Å². The highest BCUT2D eigenvalue weighted by molar-refractivity contribution is 14.1. The van der Waals surface area contributed by atoms with Gasteiger partial charge in [-0.1, -0.05) is 13.8 Å². The van der Waals surface area contributed by atoms with Crippen molar-refractivity contribution in [3.8, 4) is 0 Å². The normalized spacial score (nSPS) is 19.4. The lowest BCUT2D eigenvalue weighted by Gasteiger charge is -2.27. The number of rotatable bonds is 5. The second-order valence-electron chi connectivity index (χ2n) is 5.29. The van der Waals surface area contributed by atoms with E-state index in [4.69, 9.17) is 0 Å². The predicted octanol–water partition coefficient (Wildman–Crippen LogP) is 2.30. The van der Waals surface area contributed by atoms with Crippen molar-refractivity contribution in [2.45, 2.75) is 32.7 Å². The molecule has 0 amide bonds. The van der Waals surface area contributed by atoms with E-state index in [2.05, 4.69) is 56.6 Å². The summed E-state index contributed by atoms with van der Waals surface area (Å²) in [5.41, 5.74) is 0. The van der Waals surface area contributed by atoms with Crippen molar-refractivity contribution < 1.29 is 0 Å². The number of aromatic nitrogens is 2. The van der Waals surface area contributed by atoms with Crippen molar-refractivity contribution in [2.24, 2.45) is 5.92 Å². The van der Waals surface area contributed by atoms with E-state index in [9.17, 15) is 0 Å². The number of anilines is 1. The van der Waals surface area contributed by atoms with Gasteiger partial charge in [0.1, 0.15) is 0 Å². The van der Waals surface area contributed by atoms with E-state index in [0.717, 1.165) is 29.2 Å². The van der Waals surface area contributed by atoms with Gasteiger partial charge in [-0.2, -0.15) is 0 Å². The van der Waals surface area contributed by atoms with Gasteiger partial charge < -0.3 is 10.2 Å². The molecule has 0 bridgehead atoms. The fourth-order valence-corrected chi connectivity index (χ4v) is 2.60. The van der Waals surface area contributed by atoms with Crippen LogP contribution in [0.2, 0.25) is 0 Å². The Labute approximate surface area is 123 Å². The molecule has 5 heteroatoms. The van der Waals surface area contributed by atoms with E-state index in [1.54, 1.807) is 0 Å². The first-order chi connectivity index (χ1) is 8.65. The van der Waals surface area contributed by atoms with Crippen LogP contribution in [-0.4, -0.2) is 35.6 Å². The lowest BCUT2D eigenvalue weighted by Crippen LogP contribution is -2.40. The molecule has 1 fully saturated rings. The molecule has 0 aliphatic carbocycles. The van der Waals surface area contributed by atoms with Gasteiger partial charge in [0, 0.05) is 35.1 Å². The molecule has 1 N–H and O–H groups in total. The summed E-state index contributed by atoms with van der Waals surface area (Å²) in [7, 11) is 0. The SMILES string of the molecule is CC(C)CN(CC1CCCN1)c1ncc(I)cn1. The van der Waals surface area contributed by atoms with Crippen LogP contribution in [-0.2, 0) is 0 Å². The second kappa shape index (κ2) is 6.65. The van der Waals surface area contributed by atoms with Crippen molar-refractivity contribution in [3.63, 3.8) is 0 Å². The second-order valence-corrected chi connectivity index (χ2v) is 6.54. The van der Waals surface area contributed by atoms with Crippen molar-refractivity contribution in [3.05, 3.63) is 16.0 Å². The first-order valence-corrected chi connectivity index (χ1v) is 7.69. The molecule has 1 aromatic heterocycles. The summed E-state index contributed by atoms with van der Waals surface area (Å²) in [5.74, 6) is 1.48. The summed E-state index contributed by atoms with van der Waals surface area (Å²) >= 11 is 2.24. The summed E-state index contributed by atoms with van der Waals surface area (Å²) in [5, 5.41) is 3.54. The molecule has 2 heterocycles. The Bertz CT molecular complexity index is 360. The van der Waals surface area contributed by atoms with Crippen molar-refractivity contribution in [1.29, 1.82) is 0 Å². The van der Waals surface area contributed by atoms with Gasteiger partial charge in [-0.05, 0) is 47.9 Å². The molecule has 18 heavy (non-hydrogen) atoms. The largest absolute Gasteiger partial charge is 0.339 e. The third-order valence-electron chi connectivity index (χ3n) is 3.08. The summed E-state index contributed by atoms with van der Waals surface area (Å²) in [6, 6.07) is 0.589. The summed E-state index contributed by atoms with van der Waals surface area (Å²) in [4.78, 5) is 11.2. The molecule has 0 saturated carbocycles. The molecule has 1 aliphatic heterocycles. The molecular weight excluding hydrogens is 339 g/mol. The Hall–Kier alpha value is -0.430. The fourth-order valence-electron chi connectivity index (χ4n) is 2.33. The molecule has 2 rings (SSSR count). The highest BCUT2D eigenvalue weighted by atomic mass is 127. The maximum absolute atomic E-state index is 4.45. The minimum Gasteiger partial charge on any atom is -0.339 e. The number of hydrogen-bond donors (Lipinski definition) is 1.